The van der Waals surface area contributed by atoms with Gasteiger partial charge in [-0.25, -0.2) is 0 Å². The van der Waals surface area contributed by atoms with E-state index in [2.05, 4.69) is 10.3 Å². The number of hydrogen-bond donors (Lipinski definition) is 1. The van der Waals surface area contributed by atoms with Gasteiger partial charge < -0.3 is 15.0 Å². The van der Waals surface area contributed by atoms with E-state index in [4.69, 9.17) is 4.74 Å². The van der Waals surface area contributed by atoms with Gasteiger partial charge >= 0.3 is 6.18 Å². The Morgan fingerprint density at radius 2 is 1.92 bits per heavy atom. The second-order valence-electron chi connectivity index (χ2n) is 5.58. The van der Waals surface area contributed by atoms with Gasteiger partial charge in [-0.3, -0.25) is 4.99 Å². The minimum atomic E-state index is -4.08. The lowest BCUT2D eigenvalue weighted by Crippen LogP contribution is -2.41. The average molecular weight is 473 g/mol. The molecule has 0 aliphatic rings. The Morgan fingerprint density at radius 3 is 2.52 bits per heavy atom. The molecule has 0 atom stereocenters. The fraction of sp³-hybridized carbons (Fsp3) is 0.588. The average Bonchev–Trinajstić information content (AvgIpc) is 2.51. The van der Waals surface area contributed by atoms with E-state index in [0.29, 0.717) is 32.1 Å². The number of likely N-dealkylation sites (N-methyl/N-ethyl adjacent to an activating group) is 1. The van der Waals surface area contributed by atoms with E-state index in [9.17, 15) is 13.2 Å². The molecule has 1 aromatic carbocycles. The summed E-state index contributed by atoms with van der Waals surface area (Å²) in [5.41, 5.74) is 1.08. The molecule has 0 spiro atoms. The molecule has 0 aromatic heterocycles. The van der Waals surface area contributed by atoms with Crippen molar-refractivity contribution in [3.05, 3.63) is 29.8 Å². The van der Waals surface area contributed by atoms with Crippen LogP contribution in [0.15, 0.2) is 29.3 Å². The lowest BCUT2D eigenvalue weighted by Gasteiger charge is -2.22. The third-order valence-corrected chi connectivity index (χ3v) is 3.52. The maximum Gasteiger partial charge on any atom is 0.389 e. The topological polar surface area (TPSA) is 36.9 Å². The van der Waals surface area contributed by atoms with Crippen molar-refractivity contribution in [1.29, 1.82) is 0 Å². The first-order valence-electron chi connectivity index (χ1n) is 8.00. The zero-order chi connectivity index (χ0) is 18.0. The van der Waals surface area contributed by atoms with E-state index in [1.54, 1.807) is 7.05 Å². The third-order valence-electron chi connectivity index (χ3n) is 3.52. The standard InChI is InChI=1S/C17H26F3N3O.HI/c1-14-8-4-5-9-15(14)24-13-12-23(3)16(21-2)22-11-7-6-10-17(18,19)20;/h4-5,8-9H,6-7,10-13H2,1-3H3,(H,21,22);1H. The van der Waals surface area contributed by atoms with Crippen LogP contribution < -0.4 is 10.1 Å². The van der Waals surface area contributed by atoms with Crippen LogP contribution in [0.5, 0.6) is 5.75 Å². The number of rotatable bonds is 8. The number of aryl methyl sites for hydroxylation is 1. The minimum absolute atomic E-state index is 0. The Hall–Kier alpha value is -1.19. The Balaban J connectivity index is 0.00000576. The van der Waals surface area contributed by atoms with Crippen LogP contribution in [0.25, 0.3) is 0 Å². The van der Waals surface area contributed by atoms with Gasteiger partial charge in [0.2, 0.25) is 0 Å². The summed E-state index contributed by atoms with van der Waals surface area (Å²) in [7, 11) is 3.52. The third kappa shape index (κ3) is 10.4. The van der Waals surface area contributed by atoms with Gasteiger partial charge in [-0.15, -0.1) is 24.0 Å². The number of benzene rings is 1. The van der Waals surface area contributed by atoms with Gasteiger partial charge in [0.05, 0.1) is 6.54 Å². The number of guanidine groups is 1. The normalized spacial score (nSPS) is 11.7. The Labute approximate surface area is 164 Å². The van der Waals surface area contributed by atoms with Crippen LogP contribution >= 0.6 is 24.0 Å². The maximum absolute atomic E-state index is 12.1. The molecule has 1 N–H and O–H groups in total. The first kappa shape index (κ1) is 23.8. The monoisotopic (exact) mass is 473 g/mol. The molecule has 25 heavy (non-hydrogen) atoms. The number of ether oxygens (including phenoxy) is 1. The Morgan fingerprint density at radius 1 is 1.24 bits per heavy atom. The van der Waals surface area contributed by atoms with Crippen molar-refractivity contribution in [1.82, 2.24) is 10.2 Å². The van der Waals surface area contributed by atoms with Crippen LogP contribution in [0.4, 0.5) is 13.2 Å². The molecule has 1 aromatic rings. The highest BCUT2D eigenvalue weighted by molar-refractivity contribution is 14.0. The van der Waals surface area contributed by atoms with E-state index in [-0.39, 0.29) is 30.4 Å². The molecular weight excluding hydrogens is 446 g/mol. The van der Waals surface area contributed by atoms with Crippen LogP contribution in [0.3, 0.4) is 0 Å². The van der Waals surface area contributed by atoms with Gasteiger partial charge in [0.15, 0.2) is 5.96 Å². The van der Waals surface area contributed by atoms with E-state index < -0.39 is 12.6 Å². The lowest BCUT2D eigenvalue weighted by atomic mass is 10.2. The molecule has 0 fully saturated rings. The van der Waals surface area contributed by atoms with Gasteiger partial charge in [-0.05, 0) is 31.4 Å². The molecule has 0 bridgehead atoms. The molecule has 0 amide bonds. The van der Waals surface area contributed by atoms with Crippen molar-refractivity contribution in [3.8, 4) is 5.75 Å². The number of aliphatic imine (C=N–C) groups is 1. The van der Waals surface area contributed by atoms with Crippen LogP contribution in [0.1, 0.15) is 24.8 Å². The van der Waals surface area contributed by atoms with Crippen LogP contribution in [0.2, 0.25) is 0 Å². The highest BCUT2D eigenvalue weighted by Gasteiger charge is 2.25. The molecule has 8 heteroatoms. The van der Waals surface area contributed by atoms with Crippen molar-refractivity contribution in [2.24, 2.45) is 4.99 Å². The van der Waals surface area contributed by atoms with Crippen molar-refractivity contribution < 1.29 is 17.9 Å². The second kappa shape index (κ2) is 12.2. The van der Waals surface area contributed by atoms with Gasteiger partial charge in [0.1, 0.15) is 12.4 Å². The smallest absolute Gasteiger partial charge is 0.389 e. The number of halogens is 4. The number of para-hydroxylation sites is 1. The first-order valence-corrected chi connectivity index (χ1v) is 8.00. The van der Waals surface area contributed by atoms with Crippen LogP contribution in [-0.4, -0.2) is 50.8 Å². The molecule has 0 heterocycles. The fourth-order valence-electron chi connectivity index (χ4n) is 2.15. The number of hydrogen-bond acceptors (Lipinski definition) is 2. The molecule has 0 unspecified atom stereocenters. The molecule has 144 valence electrons. The number of nitrogens with one attached hydrogen (secondary N) is 1. The quantitative estimate of drug-likeness (QED) is 0.266. The Kier molecular flexibility index (Phi) is 11.6. The predicted molar refractivity (Wildman–Crippen MR) is 106 cm³/mol. The molecule has 0 saturated carbocycles. The van der Waals surface area contributed by atoms with E-state index in [1.807, 2.05) is 43.1 Å². The summed E-state index contributed by atoms with van der Waals surface area (Å²) in [5.74, 6) is 1.50. The van der Waals surface area contributed by atoms with Crippen molar-refractivity contribution in [3.63, 3.8) is 0 Å². The largest absolute Gasteiger partial charge is 0.491 e. The molecule has 1 rings (SSSR count). The number of nitrogens with zero attached hydrogens (tertiary/aromatic N) is 2. The summed E-state index contributed by atoms with van der Waals surface area (Å²) in [6.07, 6.45) is -4.25. The van der Waals surface area contributed by atoms with Crippen molar-refractivity contribution >= 4 is 29.9 Å². The zero-order valence-electron chi connectivity index (χ0n) is 14.9. The van der Waals surface area contributed by atoms with Crippen molar-refractivity contribution in [2.75, 3.05) is 33.8 Å². The van der Waals surface area contributed by atoms with E-state index >= 15 is 0 Å². The summed E-state index contributed by atoms with van der Waals surface area (Å²) < 4.78 is 42.0. The summed E-state index contributed by atoms with van der Waals surface area (Å²) in [6.45, 7) is 3.57. The zero-order valence-corrected chi connectivity index (χ0v) is 17.2. The second-order valence-corrected chi connectivity index (χ2v) is 5.58. The summed E-state index contributed by atoms with van der Waals surface area (Å²) >= 11 is 0. The van der Waals surface area contributed by atoms with Gasteiger partial charge in [-0.2, -0.15) is 13.2 Å². The molecule has 0 aliphatic heterocycles. The lowest BCUT2D eigenvalue weighted by molar-refractivity contribution is -0.135. The van der Waals surface area contributed by atoms with Crippen molar-refractivity contribution in [2.45, 2.75) is 32.4 Å². The molecule has 4 nitrogen and oxygen atoms in total. The number of alkyl halides is 3. The van der Waals surface area contributed by atoms with Gasteiger partial charge in [0, 0.05) is 27.1 Å². The first-order chi connectivity index (χ1) is 11.3. The molecule has 0 saturated heterocycles. The highest BCUT2D eigenvalue weighted by Crippen LogP contribution is 2.21. The minimum Gasteiger partial charge on any atom is -0.491 e. The Bertz CT molecular complexity index is 524. The van der Waals surface area contributed by atoms with Gasteiger partial charge in [0.25, 0.3) is 0 Å². The van der Waals surface area contributed by atoms with Crippen LogP contribution in [0, 0.1) is 6.92 Å². The summed E-state index contributed by atoms with van der Waals surface area (Å²) in [5, 5.41) is 3.07. The molecular formula is C17H27F3IN3O. The highest BCUT2D eigenvalue weighted by atomic mass is 127. The maximum atomic E-state index is 12.1. The summed E-state index contributed by atoms with van der Waals surface area (Å²) in [6, 6.07) is 7.79. The van der Waals surface area contributed by atoms with Gasteiger partial charge in [-0.1, -0.05) is 18.2 Å². The fourth-order valence-corrected chi connectivity index (χ4v) is 2.15. The van der Waals surface area contributed by atoms with Crippen LogP contribution in [-0.2, 0) is 0 Å². The van der Waals surface area contributed by atoms with E-state index in [0.717, 1.165) is 11.3 Å². The molecule has 0 radical (unpaired) electrons. The summed E-state index contributed by atoms with van der Waals surface area (Å²) in [4.78, 5) is 6.02. The number of unbranched alkanes of at least 4 members (excludes halogenated alkanes) is 1. The molecule has 0 aliphatic carbocycles. The predicted octanol–water partition coefficient (Wildman–Crippen LogP) is 4.23. The van der Waals surface area contributed by atoms with E-state index in [1.165, 1.54) is 0 Å². The SMILES string of the molecule is CN=C(NCCCCC(F)(F)F)N(C)CCOc1ccccc1C.I.